The minimum absolute atomic E-state index is 0.00943. The molecule has 0 radical (unpaired) electrons. The van der Waals surface area contributed by atoms with Gasteiger partial charge in [0.1, 0.15) is 0 Å². The van der Waals surface area contributed by atoms with Gasteiger partial charge in [-0.1, -0.05) is 18.7 Å². The van der Waals surface area contributed by atoms with Gasteiger partial charge in [0.15, 0.2) is 10.9 Å². The summed E-state index contributed by atoms with van der Waals surface area (Å²) in [7, 11) is 0. The van der Waals surface area contributed by atoms with Gasteiger partial charge in [-0.25, -0.2) is 0 Å². The first kappa shape index (κ1) is 20.9. The van der Waals surface area contributed by atoms with Gasteiger partial charge in [-0.2, -0.15) is 0 Å². The molecule has 1 aliphatic carbocycles. The minimum Gasteiger partial charge on any atom is -0.341 e. The van der Waals surface area contributed by atoms with Crippen LogP contribution in [0.3, 0.4) is 0 Å². The Morgan fingerprint density at radius 3 is 2.37 bits per heavy atom. The van der Waals surface area contributed by atoms with Gasteiger partial charge in [-0.3, -0.25) is 14.2 Å². The van der Waals surface area contributed by atoms with Gasteiger partial charge in [-0.15, -0.1) is 10.2 Å². The summed E-state index contributed by atoms with van der Waals surface area (Å²) in [6.45, 7) is 7.75. The molecule has 1 saturated heterocycles. The maximum absolute atomic E-state index is 12.7. The number of anilines is 2. The van der Waals surface area contributed by atoms with E-state index >= 15 is 0 Å². The summed E-state index contributed by atoms with van der Waals surface area (Å²) in [6, 6.07) is 7.42. The summed E-state index contributed by atoms with van der Waals surface area (Å²) >= 11 is 1.46. The average Bonchev–Trinajstić information content (AvgIpc) is 3.49. The number of nitrogens with one attached hydrogen (secondary N) is 1. The molecule has 1 N–H and O–H groups in total. The first-order valence-corrected chi connectivity index (χ1v) is 11.6. The number of carbonyl (C=O) groups is 2. The fourth-order valence-electron chi connectivity index (χ4n) is 3.67. The van der Waals surface area contributed by atoms with Gasteiger partial charge < -0.3 is 10.2 Å². The van der Waals surface area contributed by atoms with Crippen LogP contribution in [0.2, 0.25) is 0 Å². The van der Waals surface area contributed by atoms with Crippen LogP contribution in [0.5, 0.6) is 0 Å². The van der Waals surface area contributed by atoms with Crippen LogP contribution < -0.4 is 10.2 Å². The summed E-state index contributed by atoms with van der Waals surface area (Å²) in [4.78, 5) is 26.5. The second-order valence-electron chi connectivity index (χ2n) is 8.44. The summed E-state index contributed by atoms with van der Waals surface area (Å²) in [5.74, 6) is 1.64. The number of carbonyl (C=O) groups excluding carboxylic acids is 2. The molecule has 1 atom stereocenters. The quantitative estimate of drug-likeness (QED) is 0.528. The highest BCUT2D eigenvalue weighted by molar-refractivity contribution is 8.00. The van der Waals surface area contributed by atoms with Crippen LogP contribution in [0.1, 0.15) is 62.9 Å². The number of nitrogens with zero attached hydrogens (tertiary/aromatic N) is 4. The number of amides is 1. The zero-order valence-corrected chi connectivity index (χ0v) is 18.6. The predicted molar refractivity (Wildman–Crippen MR) is 119 cm³/mol. The normalized spacial score (nSPS) is 18.3. The van der Waals surface area contributed by atoms with Crippen LogP contribution in [0, 0.1) is 5.92 Å². The number of rotatable bonds is 7. The van der Waals surface area contributed by atoms with Crippen molar-refractivity contribution in [3.63, 3.8) is 0 Å². The lowest BCUT2D eigenvalue weighted by atomic mass is 10.00. The highest BCUT2D eigenvalue weighted by atomic mass is 32.2. The maximum Gasteiger partial charge on any atom is 0.237 e. The molecule has 4 rings (SSSR count). The Morgan fingerprint density at radius 1 is 1.10 bits per heavy atom. The highest BCUT2D eigenvalue weighted by Gasteiger charge is 2.33. The lowest BCUT2D eigenvalue weighted by molar-refractivity contribution is -0.115. The van der Waals surface area contributed by atoms with Gasteiger partial charge in [0.25, 0.3) is 0 Å². The number of hydrogen-bond acceptors (Lipinski definition) is 6. The third-order valence-electron chi connectivity index (χ3n) is 5.84. The van der Waals surface area contributed by atoms with E-state index in [-0.39, 0.29) is 16.9 Å². The fourth-order valence-corrected chi connectivity index (χ4v) is 4.58. The average molecular weight is 428 g/mol. The minimum atomic E-state index is -0.312. The second-order valence-corrected chi connectivity index (χ2v) is 9.74. The van der Waals surface area contributed by atoms with E-state index in [1.165, 1.54) is 31.5 Å². The first-order valence-electron chi connectivity index (χ1n) is 10.7. The molecular weight excluding hydrogens is 398 g/mol. The number of thioether (sulfide) groups is 1. The van der Waals surface area contributed by atoms with Gasteiger partial charge in [-0.05, 0) is 69.7 Å². The smallest absolute Gasteiger partial charge is 0.237 e. The Labute approximate surface area is 181 Å². The van der Waals surface area contributed by atoms with Crippen LogP contribution in [-0.2, 0) is 4.79 Å². The molecule has 1 unspecified atom stereocenters. The van der Waals surface area contributed by atoms with Crippen molar-refractivity contribution in [1.82, 2.24) is 14.8 Å². The zero-order valence-electron chi connectivity index (χ0n) is 17.8. The SMILES string of the molecule is CC(=O)c1ccc(NC(=O)C(C)Sc2nnc(N3CCC(C)CC3)n2C2CC2)cc1. The Morgan fingerprint density at radius 2 is 1.77 bits per heavy atom. The molecular formula is C22H29N5O2S. The number of benzene rings is 1. The van der Waals surface area contributed by atoms with Gasteiger partial charge in [0.2, 0.25) is 11.9 Å². The van der Waals surface area contributed by atoms with Crippen molar-refractivity contribution < 1.29 is 9.59 Å². The topological polar surface area (TPSA) is 80.1 Å². The second kappa shape index (κ2) is 8.79. The molecule has 2 aromatic rings. The number of ketones is 1. The Bertz CT molecular complexity index is 914. The maximum atomic E-state index is 12.7. The lowest BCUT2D eigenvalue weighted by Crippen LogP contribution is -2.34. The third-order valence-corrected chi connectivity index (χ3v) is 6.89. The van der Waals surface area contributed by atoms with Crippen LogP contribution in [0.4, 0.5) is 11.6 Å². The molecule has 8 heteroatoms. The van der Waals surface area contributed by atoms with Crippen molar-refractivity contribution in [2.45, 2.75) is 62.9 Å². The third kappa shape index (κ3) is 4.69. The van der Waals surface area contributed by atoms with Crippen LogP contribution in [0.25, 0.3) is 0 Å². The van der Waals surface area contributed by atoms with E-state index in [0.717, 1.165) is 43.0 Å². The van der Waals surface area contributed by atoms with Crippen molar-refractivity contribution in [3.8, 4) is 0 Å². The number of aromatic nitrogens is 3. The zero-order chi connectivity index (χ0) is 21.3. The molecule has 2 aliphatic rings. The van der Waals surface area contributed by atoms with E-state index < -0.39 is 0 Å². The molecule has 0 spiro atoms. The van der Waals surface area contributed by atoms with Crippen molar-refractivity contribution >= 4 is 35.1 Å². The molecule has 2 heterocycles. The van der Waals surface area contributed by atoms with E-state index in [0.29, 0.717) is 17.3 Å². The van der Waals surface area contributed by atoms with E-state index in [2.05, 4.69) is 31.9 Å². The van der Waals surface area contributed by atoms with Gasteiger partial charge in [0, 0.05) is 30.4 Å². The Balaban J connectivity index is 1.43. The van der Waals surface area contributed by atoms with Crippen LogP contribution in [-0.4, -0.2) is 44.8 Å². The molecule has 1 aromatic carbocycles. The molecule has 0 bridgehead atoms. The highest BCUT2D eigenvalue weighted by Crippen LogP contribution is 2.42. The molecule has 1 amide bonds. The fraction of sp³-hybridized carbons (Fsp3) is 0.545. The molecule has 30 heavy (non-hydrogen) atoms. The molecule has 7 nitrogen and oxygen atoms in total. The lowest BCUT2D eigenvalue weighted by Gasteiger charge is -2.31. The van der Waals surface area contributed by atoms with Gasteiger partial charge >= 0.3 is 0 Å². The monoisotopic (exact) mass is 427 g/mol. The predicted octanol–water partition coefficient (Wildman–Crippen LogP) is 4.17. The van der Waals surface area contributed by atoms with E-state index in [9.17, 15) is 9.59 Å². The summed E-state index contributed by atoms with van der Waals surface area (Å²) in [5, 5.41) is 12.4. The van der Waals surface area contributed by atoms with E-state index in [1.54, 1.807) is 24.3 Å². The van der Waals surface area contributed by atoms with Crippen molar-refractivity contribution in [2.24, 2.45) is 5.92 Å². The summed E-state index contributed by atoms with van der Waals surface area (Å²) < 4.78 is 2.24. The molecule has 1 aromatic heterocycles. The number of hydrogen-bond donors (Lipinski definition) is 1. The van der Waals surface area contributed by atoms with E-state index in [4.69, 9.17) is 0 Å². The molecule has 1 saturated carbocycles. The molecule has 2 fully saturated rings. The molecule has 160 valence electrons. The van der Waals surface area contributed by atoms with Crippen molar-refractivity contribution in [1.29, 1.82) is 0 Å². The standard InChI is InChI=1S/C22H29N5O2S/c1-14-10-12-26(13-11-14)21-24-25-22(27(21)19-8-9-19)30-16(3)20(29)23-18-6-4-17(5-7-18)15(2)28/h4-7,14,16,19H,8-13H2,1-3H3,(H,23,29). The Kier molecular flexibility index (Phi) is 6.13. The van der Waals surface area contributed by atoms with E-state index in [1.807, 2.05) is 6.92 Å². The van der Waals surface area contributed by atoms with Crippen LogP contribution >= 0.6 is 11.8 Å². The molecule has 1 aliphatic heterocycles. The van der Waals surface area contributed by atoms with Crippen molar-refractivity contribution in [2.75, 3.05) is 23.3 Å². The first-order chi connectivity index (χ1) is 14.4. The largest absolute Gasteiger partial charge is 0.341 e. The van der Waals surface area contributed by atoms with Crippen LogP contribution in [0.15, 0.2) is 29.4 Å². The number of Topliss-reactive ketones (excluding diaryl/α,β-unsaturated/α-hetero) is 1. The number of piperidine rings is 1. The van der Waals surface area contributed by atoms with Gasteiger partial charge in [0.05, 0.1) is 5.25 Å². The summed E-state index contributed by atoms with van der Waals surface area (Å²) in [6.07, 6.45) is 4.65. The van der Waals surface area contributed by atoms with Crippen molar-refractivity contribution in [3.05, 3.63) is 29.8 Å². The Hall–Kier alpha value is -2.35. The summed E-state index contributed by atoms with van der Waals surface area (Å²) in [5.41, 5.74) is 1.32.